The Balaban J connectivity index is 1.55. The number of hydrogen-bond acceptors (Lipinski definition) is 1. The predicted molar refractivity (Wildman–Crippen MR) is 181 cm³/mol. The van der Waals surface area contributed by atoms with Gasteiger partial charge in [-0.15, -0.1) is 0 Å². The van der Waals surface area contributed by atoms with Gasteiger partial charge < -0.3 is 9.13 Å². The van der Waals surface area contributed by atoms with E-state index in [1.54, 1.807) is 0 Å². The Morgan fingerprint density at radius 2 is 1.14 bits per heavy atom. The van der Waals surface area contributed by atoms with Crippen LogP contribution in [0, 0.1) is 31.8 Å². The monoisotopic (exact) mass is 562 g/mol. The lowest BCUT2D eigenvalue weighted by molar-refractivity contribution is 1.13. The van der Waals surface area contributed by atoms with Crippen LogP contribution in [0.15, 0.2) is 121 Å². The maximum absolute atomic E-state index is 10.7. The van der Waals surface area contributed by atoms with Crippen molar-refractivity contribution in [1.82, 2.24) is 9.13 Å². The second kappa shape index (κ2) is 9.73. The molecule has 0 aliphatic rings. The van der Waals surface area contributed by atoms with Gasteiger partial charge in [-0.05, 0) is 73.0 Å². The number of hydrogen-bond donors (Lipinski definition) is 0. The standard InChI is InChI=1S/C40H26N4/c1-25-15-17-32-30-11-4-6-13-35(30)43(38(32)19-25)37-23-34(27-9-8-10-29(21-27)42-3)40(22-28(37)24-41)44-36-14-7-5-12-31(36)33-18-16-26(2)20-39(33)44/h4-23H,1-2H3. The molecule has 0 saturated carbocycles. The molecule has 4 nitrogen and oxygen atoms in total. The number of fused-ring (bicyclic) bond motifs is 6. The summed E-state index contributed by atoms with van der Waals surface area (Å²) in [4.78, 5) is 3.74. The SMILES string of the molecule is [C-]#[N+]c1cccc(-c2cc(-n3c4ccccc4c4ccc(C)cc43)c(C#N)cc2-n2c3ccccc3c3ccc(C)cc32)c1. The Bertz CT molecular complexity index is 2550. The molecule has 0 atom stereocenters. The fraction of sp³-hybridized carbons (Fsp3) is 0.0500. The Morgan fingerprint density at radius 3 is 1.73 bits per heavy atom. The van der Waals surface area contributed by atoms with E-state index >= 15 is 0 Å². The summed E-state index contributed by atoms with van der Waals surface area (Å²) in [6.45, 7) is 11.9. The van der Waals surface area contributed by atoms with Gasteiger partial charge in [-0.1, -0.05) is 78.9 Å². The molecule has 0 radical (unpaired) electrons. The molecular formula is C40H26N4. The highest BCUT2D eigenvalue weighted by atomic mass is 15.0. The van der Waals surface area contributed by atoms with Crippen molar-refractivity contribution in [2.45, 2.75) is 13.8 Å². The van der Waals surface area contributed by atoms with Crippen molar-refractivity contribution in [3.63, 3.8) is 0 Å². The van der Waals surface area contributed by atoms with E-state index in [2.05, 4.69) is 125 Å². The van der Waals surface area contributed by atoms with E-state index in [-0.39, 0.29) is 0 Å². The summed E-state index contributed by atoms with van der Waals surface area (Å²) in [5.74, 6) is 0. The van der Waals surface area contributed by atoms with Crippen LogP contribution in [0.2, 0.25) is 0 Å². The second-order valence-electron chi connectivity index (χ2n) is 11.4. The molecule has 0 fully saturated rings. The average molecular weight is 563 g/mol. The highest BCUT2D eigenvalue weighted by Gasteiger charge is 2.21. The van der Waals surface area contributed by atoms with E-state index in [4.69, 9.17) is 6.57 Å². The molecule has 44 heavy (non-hydrogen) atoms. The van der Waals surface area contributed by atoms with E-state index in [0.717, 1.165) is 77.2 Å². The van der Waals surface area contributed by atoms with E-state index in [9.17, 15) is 5.26 Å². The van der Waals surface area contributed by atoms with Crippen molar-refractivity contribution in [2.24, 2.45) is 0 Å². The molecule has 6 aromatic carbocycles. The Morgan fingerprint density at radius 1 is 0.568 bits per heavy atom. The number of aryl methyl sites for hydroxylation is 2. The van der Waals surface area contributed by atoms with Gasteiger partial charge >= 0.3 is 0 Å². The minimum atomic E-state index is 0.574. The van der Waals surface area contributed by atoms with E-state index < -0.39 is 0 Å². The van der Waals surface area contributed by atoms with Gasteiger partial charge in [0.25, 0.3) is 0 Å². The lowest BCUT2D eigenvalue weighted by Gasteiger charge is -2.19. The van der Waals surface area contributed by atoms with Crippen LogP contribution in [0.3, 0.4) is 0 Å². The molecule has 206 valence electrons. The third-order valence-electron chi connectivity index (χ3n) is 8.66. The van der Waals surface area contributed by atoms with E-state index in [1.165, 1.54) is 0 Å². The van der Waals surface area contributed by atoms with Crippen LogP contribution in [-0.2, 0) is 0 Å². The van der Waals surface area contributed by atoms with Crippen molar-refractivity contribution in [1.29, 1.82) is 5.26 Å². The molecule has 2 aromatic heterocycles. The molecule has 0 aliphatic carbocycles. The van der Waals surface area contributed by atoms with Crippen LogP contribution in [0.25, 0.3) is 71.0 Å². The molecule has 2 heterocycles. The minimum absolute atomic E-state index is 0.574. The highest BCUT2D eigenvalue weighted by molar-refractivity contribution is 6.11. The maximum Gasteiger partial charge on any atom is 0.187 e. The number of aromatic nitrogens is 2. The third-order valence-corrected chi connectivity index (χ3v) is 8.66. The number of nitrogens with zero attached hydrogens (tertiary/aromatic N) is 4. The van der Waals surface area contributed by atoms with Gasteiger partial charge in [0.2, 0.25) is 0 Å². The first-order valence-corrected chi connectivity index (χ1v) is 14.6. The molecule has 0 N–H and O–H groups in total. The second-order valence-corrected chi connectivity index (χ2v) is 11.4. The van der Waals surface area contributed by atoms with Crippen LogP contribution < -0.4 is 0 Å². The molecule has 0 saturated heterocycles. The van der Waals surface area contributed by atoms with Crippen molar-refractivity contribution >= 4 is 49.3 Å². The molecule has 0 spiro atoms. The number of para-hydroxylation sites is 2. The van der Waals surface area contributed by atoms with Gasteiger partial charge in [0, 0.05) is 27.1 Å². The number of nitriles is 1. The minimum Gasteiger partial charge on any atom is -0.309 e. The van der Waals surface area contributed by atoms with Crippen LogP contribution in [-0.4, -0.2) is 9.13 Å². The molecule has 4 heteroatoms. The summed E-state index contributed by atoms with van der Waals surface area (Å²) in [6, 6.07) is 44.3. The summed E-state index contributed by atoms with van der Waals surface area (Å²) in [5.41, 5.74) is 11.3. The quantitative estimate of drug-likeness (QED) is 0.197. The van der Waals surface area contributed by atoms with Crippen molar-refractivity contribution in [2.75, 3.05) is 0 Å². The first kappa shape index (κ1) is 25.6. The zero-order chi connectivity index (χ0) is 29.9. The Kier molecular flexibility index (Phi) is 5.66. The lowest BCUT2D eigenvalue weighted by atomic mass is 9.98. The lowest BCUT2D eigenvalue weighted by Crippen LogP contribution is -2.04. The number of rotatable bonds is 3. The zero-order valence-electron chi connectivity index (χ0n) is 24.3. The van der Waals surface area contributed by atoms with Crippen molar-refractivity contribution in [3.05, 3.63) is 149 Å². The summed E-state index contributed by atoms with van der Waals surface area (Å²) in [5, 5.41) is 15.3. The van der Waals surface area contributed by atoms with Gasteiger partial charge in [-0.2, -0.15) is 5.26 Å². The molecule has 0 bridgehead atoms. The summed E-state index contributed by atoms with van der Waals surface area (Å²) in [7, 11) is 0. The van der Waals surface area contributed by atoms with E-state index in [0.29, 0.717) is 11.3 Å². The predicted octanol–water partition coefficient (Wildman–Crippen LogP) is 10.6. The van der Waals surface area contributed by atoms with Gasteiger partial charge in [-0.25, -0.2) is 4.85 Å². The first-order valence-electron chi connectivity index (χ1n) is 14.6. The zero-order valence-corrected chi connectivity index (χ0v) is 24.3. The Hall–Kier alpha value is -6.10. The average Bonchev–Trinajstić information content (AvgIpc) is 3.55. The third kappa shape index (κ3) is 3.76. The molecule has 0 aliphatic heterocycles. The van der Waals surface area contributed by atoms with Gasteiger partial charge in [0.05, 0.1) is 45.6 Å². The van der Waals surface area contributed by atoms with Gasteiger partial charge in [0.1, 0.15) is 6.07 Å². The fourth-order valence-electron chi connectivity index (χ4n) is 6.69. The summed E-state index contributed by atoms with van der Waals surface area (Å²) >= 11 is 0. The molecular weight excluding hydrogens is 536 g/mol. The topological polar surface area (TPSA) is 38.0 Å². The normalized spacial score (nSPS) is 11.4. The number of benzene rings is 6. The van der Waals surface area contributed by atoms with Gasteiger partial charge in [0.15, 0.2) is 5.69 Å². The molecule has 8 aromatic rings. The van der Waals surface area contributed by atoms with Crippen LogP contribution in [0.4, 0.5) is 5.69 Å². The highest BCUT2D eigenvalue weighted by Crippen LogP contribution is 2.41. The fourth-order valence-corrected chi connectivity index (χ4v) is 6.69. The van der Waals surface area contributed by atoms with Crippen LogP contribution >= 0.6 is 0 Å². The van der Waals surface area contributed by atoms with Crippen molar-refractivity contribution in [3.8, 4) is 28.6 Å². The maximum atomic E-state index is 10.7. The Labute approximate surface area is 255 Å². The molecule has 8 rings (SSSR count). The van der Waals surface area contributed by atoms with E-state index in [1.807, 2.05) is 30.3 Å². The van der Waals surface area contributed by atoms with Crippen LogP contribution in [0.1, 0.15) is 16.7 Å². The smallest absolute Gasteiger partial charge is 0.187 e. The first-order chi connectivity index (χ1) is 21.6. The summed E-state index contributed by atoms with van der Waals surface area (Å²) < 4.78 is 4.50. The molecule has 0 amide bonds. The van der Waals surface area contributed by atoms with Crippen LogP contribution in [0.5, 0.6) is 0 Å². The molecule has 0 unspecified atom stereocenters. The van der Waals surface area contributed by atoms with Crippen molar-refractivity contribution < 1.29 is 0 Å². The van der Waals surface area contributed by atoms with Gasteiger partial charge in [-0.3, -0.25) is 0 Å². The largest absolute Gasteiger partial charge is 0.309 e. The summed E-state index contributed by atoms with van der Waals surface area (Å²) in [6.07, 6.45) is 0.